The molecule has 0 spiro atoms. The Morgan fingerprint density at radius 1 is 1.03 bits per heavy atom. The number of aromatic nitrogens is 3. The number of aliphatic hydroxyl groups is 1. The number of aliphatic hydroxyl groups excluding tert-OH is 1. The van der Waals surface area contributed by atoms with Crippen LogP contribution in [0.5, 0.6) is 0 Å². The second-order valence-electron chi connectivity index (χ2n) is 10.2. The topological polar surface area (TPSA) is 91.0 Å². The maximum absolute atomic E-state index is 13.8. The number of fused-ring (bicyclic) bond motifs is 1. The van der Waals surface area contributed by atoms with E-state index in [0.29, 0.717) is 22.9 Å². The van der Waals surface area contributed by atoms with Gasteiger partial charge in [-0.3, -0.25) is 0 Å². The summed E-state index contributed by atoms with van der Waals surface area (Å²) < 4.78 is 15.4. The lowest BCUT2D eigenvalue weighted by Gasteiger charge is -2.39. The van der Waals surface area contributed by atoms with Crippen LogP contribution in [-0.4, -0.2) is 43.9 Å². The number of carbonyl (C=O) groups is 1. The number of aryl methyl sites for hydroxylation is 1. The van der Waals surface area contributed by atoms with Gasteiger partial charge in [-0.05, 0) is 54.5 Å². The van der Waals surface area contributed by atoms with Gasteiger partial charge in [0.25, 0.3) is 0 Å². The molecule has 8 heteroatoms. The van der Waals surface area contributed by atoms with Gasteiger partial charge in [-0.1, -0.05) is 44.2 Å². The standard InChI is InChI=1S/C28H29FN4O3/c1-17-24(25(34)27(35)36)26(32-12-10-28(2,3)11-13-32)33-23(30-17)16-22(31-33)20-8-4-6-18(14-20)19-7-5-9-21(29)15-19/h4-9,14-16,25,34H,10-13H2,1-3H3,(H,35,36)/t25-/m0/s1. The van der Waals surface area contributed by atoms with E-state index in [1.807, 2.05) is 36.4 Å². The molecule has 3 heterocycles. The number of hydrogen-bond donors (Lipinski definition) is 2. The van der Waals surface area contributed by atoms with E-state index in [2.05, 4.69) is 23.7 Å². The van der Waals surface area contributed by atoms with Gasteiger partial charge >= 0.3 is 5.97 Å². The van der Waals surface area contributed by atoms with Crippen LogP contribution in [0, 0.1) is 18.2 Å². The summed E-state index contributed by atoms with van der Waals surface area (Å²) in [4.78, 5) is 18.5. The molecule has 1 saturated heterocycles. The Hall–Kier alpha value is -3.78. The minimum atomic E-state index is -1.71. The first-order valence-electron chi connectivity index (χ1n) is 12.1. The highest BCUT2D eigenvalue weighted by Crippen LogP contribution is 2.37. The molecule has 0 amide bonds. The van der Waals surface area contributed by atoms with Gasteiger partial charge in [0.2, 0.25) is 0 Å². The highest BCUT2D eigenvalue weighted by atomic mass is 19.1. The van der Waals surface area contributed by atoms with Crippen LogP contribution < -0.4 is 4.90 Å². The lowest BCUT2D eigenvalue weighted by molar-refractivity contribution is -0.147. The van der Waals surface area contributed by atoms with Crippen LogP contribution in [0.15, 0.2) is 54.6 Å². The van der Waals surface area contributed by atoms with Crippen LogP contribution in [-0.2, 0) is 4.79 Å². The summed E-state index contributed by atoms with van der Waals surface area (Å²) in [5.41, 5.74) is 4.57. The van der Waals surface area contributed by atoms with Crippen LogP contribution in [0.4, 0.5) is 10.2 Å². The predicted molar refractivity (Wildman–Crippen MR) is 136 cm³/mol. The van der Waals surface area contributed by atoms with Crippen molar-refractivity contribution in [1.29, 1.82) is 0 Å². The van der Waals surface area contributed by atoms with Crippen molar-refractivity contribution < 1.29 is 19.4 Å². The smallest absolute Gasteiger partial charge is 0.337 e. The lowest BCUT2D eigenvalue weighted by atomic mass is 9.82. The molecule has 0 bridgehead atoms. The number of hydrogen-bond acceptors (Lipinski definition) is 5. The zero-order valence-corrected chi connectivity index (χ0v) is 20.6. The zero-order chi connectivity index (χ0) is 25.6. The minimum absolute atomic E-state index is 0.190. The van der Waals surface area contributed by atoms with Crippen molar-refractivity contribution in [3.63, 3.8) is 0 Å². The molecule has 36 heavy (non-hydrogen) atoms. The lowest BCUT2D eigenvalue weighted by Crippen LogP contribution is -2.39. The summed E-state index contributed by atoms with van der Waals surface area (Å²) in [7, 11) is 0. The summed E-state index contributed by atoms with van der Waals surface area (Å²) in [6.45, 7) is 7.60. The molecule has 0 unspecified atom stereocenters. The molecule has 186 valence electrons. The first-order chi connectivity index (χ1) is 17.1. The van der Waals surface area contributed by atoms with Crippen molar-refractivity contribution in [3.05, 3.63) is 71.7 Å². The molecular weight excluding hydrogens is 459 g/mol. The van der Waals surface area contributed by atoms with Crippen molar-refractivity contribution in [2.75, 3.05) is 18.0 Å². The number of carboxylic acids is 1. The van der Waals surface area contributed by atoms with Crippen molar-refractivity contribution in [2.24, 2.45) is 5.41 Å². The SMILES string of the molecule is Cc1nc2cc(-c3cccc(-c4cccc(F)c4)c3)nn2c(N2CCC(C)(C)CC2)c1[C@H](O)C(=O)O. The number of carboxylic acid groups (broad SMARTS) is 1. The Bertz CT molecular complexity index is 1450. The molecule has 5 rings (SSSR count). The monoisotopic (exact) mass is 488 g/mol. The van der Waals surface area contributed by atoms with Crippen LogP contribution in [0.3, 0.4) is 0 Å². The average molecular weight is 489 g/mol. The van der Waals surface area contributed by atoms with Crippen molar-refractivity contribution in [3.8, 4) is 22.4 Å². The summed E-state index contributed by atoms with van der Waals surface area (Å²) >= 11 is 0. The number of benzene rings is 2. The van der Waals surface area contributed by atoms with Crippen LogP contribution >= 0.6 is 0 Å². The fourth-order valence-electron chi connectivity index (χ4n) is 4.85. The van der Waals surface area contributed by atoms with E-state index in [-0.39, 0.29) is 16.8 Å². The molecular formula is C28H29FN4O3. The Morgan fingerprint density at radius 2 is 1.67 bits per heavy atom. The van der Waals surface area contributed by atoms with Gasteiger partial charge in [0.1, 0.15) is 11.6 Å². The summed E-state index contributed by atoms with van der Waals surface area (Å²) in [6.07, 6.45) is 0.153. The third-order valence-corrected chi connectivity index (χ3v) is 7.04. The van der Waals surface area contributed by atoms with E-state index in [1.165, 1.54) is 12.1 Å². The molecule has 4 aromatic rings. The fourth-order valence-corrected chi connectivity index (χ4v) is 4.85. The highest BCUT2D eigenvalue weighted by molar-refractivity contribution is 5.79. The Balaban J connectivity index is 1.65. The highest BCUT2D eigenvalue weighted by Gasteiger charge is 2.33. The van der Waals surface area contributed by atoms with Gasteiger partial charge in [0, 0.05) is 30.4 Å². The van der Waals surface area contributed by atoms with E-state index >= 15 is 0 Å². The number of nitrogens with zero attached hydrogens (tertiary/aromatic N) is 4. The van der Waals surface area contributed by atoms with Gasteiger partial charge in [0.15, 0.2) is 11.8 Å². The van der Waals surface area contributed by atoms with E-state index in [1.54, 1.807) is 17.5 Å². The molecule has 1 fully saturated rings. The third-order valence-electron chi connectivity index (χ3n) is 7.04. The van der Waals surface area contributed by atoms with Crippen LogP contribution in [0.25, 0.3) is 28.0 Å². The number of piperidine rings is 1. The molecule has 0 saturated carbocycles. The van der Waals surface area contributed by atoms with E-state index in [0.717, 1.165) is 42.6 Å². The quantitative estimate of drug-likeness (QED) is 0.399. The minimum Gasteiger partial charge on any atom is -0.479 e. The van der Waals surface area contributed by atoms with Crippen LogP contribution in [0.1, 0.15) is 44.1 Å². The second kappa shape index (κ2) is 9.02. The first-order valence-corrected chi connectivity index (χ1v) is 12.1. The summed E-state index contributed by atoms with van der Waals surface area (Å²) in [5, 5.41) is 25.1. The van der Waals surface area contributed by atoms with E-state index in [9.17, 15) is 19.4 Å². The number of aliphatic carboxylic acids is 1. The number of rotatable bonds is 5. The first kappa shape index (κ1) is 23.9. The van der Waals surface area contributed by atoms with Gasteiger partial charge in [0.05, 0.1) is 11.3 Å². The molecule has 2 aromatic heterocycles. The van der Waals surface area contributed by atoms with E-state index < -0.39 is 12.1 Å². The third kappa shape index (κ3) is 4.44. The molecule has 1 aliphatic rings. The van der Waals surface area contributed by atoms with Gasteiger partial charge in [-0.25, -0.2) is 14.2 Å². The zero-order valence-electron chi connectivity index (χ0n) is 20.6. The average Bonchev–Trinajstić information content (AvgIpc) is 3.27. The largest absolute Gasteiger partial charge is 0.479 e. The van der Waals surface area contributed by atoms with Crippen molar-refractivity contribution in [1.82, 2.24) is 14.6 Å². The summed E-state index contributed by atoms with van der Waals surface area (Å²) in [6, 6.07) is 16.0. The molecule has 0 aliphatic carbocycles. The predicted octanol–water partition coefficient (Wildman–Crippen LogP) is 5.26. The molecule has 2 aromatic carbocycles. The van der Waals surface area contributed by atoms with Gasteiger partial charge in [-0.15, -0.1) is 0 Å². The molecule has 0 radical (unpaired) electrons. The maximum atomic E-state index is 13.8. The number of anilines is 1. The van der Waals surface area contributed by atoms with Crippen molar-refractivity contribution in [2.45, 2.75) is 39.7 Å². The Morgan fingerprint density at radius 3 is 2.33 bits per heavy atom. The normalized spacial score (nSPS) is 16.3. The van der Waals surface area contributed by atoms with Crippen LogP contribution in [0.2, 0.25) is 0 Å². The second-order valence-corrected chi connectivity index (χ2v) is 10.2. The molecule has 1 atom stereocenters. The van der Waals surface area contributed by atoms with Gasteiger partial charge < -0.3 is 15.1 Å². The Labute approximate surface area is 208 Å². The van der Waals surface area contributed by atoms with E-state index in [4.69, 9.17) is 5.10 Å². The van der Waals surface area contributed by atoms with Crippen molar-refractivity contribution >= 4 is 17.4 Å². The molecule has 2 N–H and O–H groups in total. The number of halogens is 1. The molecule has 1 aliphatic heterocycles. The fraction of sp³-hybridized carbons (Fsp3) is 0.321. The maximum Gasteiger partial charge on any atom is 0.337 e. The summed E-state index contributed by atoms with van der Waals surface area (Å²) in [5.74, 6) is -1.06. The Kier molecular flexibility index (Phi) is 6.00. The molecule has 7 nitrogen and oxygen atoms in total. The van der Waals surface area contributed by atoms with Gasteiger partial charge in [-0.2, -0.15) is 9.61 Å².